The number of anilines is 1. The minimum Gasteiger partial charge on any atom is -0.366 e. The van der Waals surface area contributed by atoms with Crippen LogP contribution >= 0.6 is 0 Å². The second-order valence-electron chi connectivity index (χ2n) is 4.67. The van der Waals surface area contributed by atoms with E-state index in [1.165, 1.54) is 24.1 Å². The van der Waals surface area contributed by atoms with Gasteiger partial charge in [-0.15, -0.1) is 0 Å². The van der Waals surface area contributed by atoms with Gasteiger partial charge in [-0.1, -0.05) is 25.1 Å². The molecule has 2 unspecified atom stereocenters. The fourth-order valence-corrected chi connectivity index (χ4v) is 2.64. The fourth-order valence-electron chi connectivity index (χ4n) is 2.64. The third-order valence-electron chi connectivity index (χ3n) is 3.63. The maximum absolute atomic E-state index is 3.39. The zero-order valence-electron chi connectivity index (χ0n) is 10.5. The van der Waals surface area contributed by atoms with E-state index in [2.05, 4.69) is 55.4 Å². The maximum atomic E-state index is 3.39. The van der Waals surface area contributed by atoms with E-state index in [-0.39, 0.29) is 0 Å². The molecular weight excluding hydrogens is 196 g/mol. The van der Waals surface area contributed by atoms with Crippen LogP contribution in [0.5, 0.6) is 0 Å². The highest BCUT2D eigenvalue weighted by molar-refractivity contribution is 5.59. The molecule has 2 atom stereocenters. The van der Waals surface area contributed by atoms with Crippen molar-refractivity contribution >= 4 is 5.69 Å². The molecule has 1 N–H and O–H groups in total. The molecule has 0 fully saturated rings. The number of fused-ring (bicyclic) bond motifs is 1. The van der Waals surface area contributed by atoms with Crippen LogP contribution in [0.1, 0.15) is 25.8 Å². The molecule has 0 saturated carbocycles. The van der Waals surface area contributed by atoms with Crippen LogP contribution in [0.4, 0.5) is 5.69 Å². The fraction of sp³-hybridized carbons (Fsp3) is 0.571. The van der Waals surface area contributed by atoms with Crippen molar-refractivity contribution < 1.29 is 0 Å². The monoisotopic (exact) mass is 218 g/mol. The Bertz CT molecular complexity index is 348. The van der Waals surface area contributed by atoms with Crippen LogP contribution in [-0.2, 0) is 6.42 Å². The summed E-state index contributed by atoms with van der Waals surface area (Å²) in [5.41, 5.74) is 2.94. The van der Waals surface area contributed by atoms with Gasteiger partial charge in [-0.3, -0.25) is 0 Å². The number of hydrogen-bond acceptors (Lipinski definition) is 2. The Morgan fingerprint density at radius 2 is 2.19 bits per heavy atom. The highest BCUT2D eigenvalue weighted by Crippen LogP contribution is 2.33. The Morgan fingerprint density at radius 3 is 2.88 bits per heavy atom. The first-order chi connectivity index (χ1) is 7.77. The Balaban J connectivity index is 2.26. The normalized spacial score (nSPS) is 20.9. The molecule has 0 bridgehead atoms. The van der Waals surface area contributed by atoms with Gasteiger partial charge in [0.25, 0.3) is 0 Å². The molecule has 0 amide bonds. The number of nitrogens with one attached hydrogen (secondary N) is 1. The van der Waals surface area contributed by atoms with Crippen molar-refractivity contribution in [3.63, 3.8) is 0 Å². The molecule has 0 aliphatic carbocycles. The van der Waals surface area contributed by atoms with Crippen molar-refractivity contribution in [1.82, 2.24) is 5.32 Å². The quantitative estimate of drug-likeness (QED) is 0.835. The van der Waals surface area contributed by atoms with Crippen LogP contribution in [0.15, 0.2) is 24.3 Å². The van der Waals surface area contributed by atoms with Crippen LogP contribution in [-0.4, -0.2) is 25.7 Å². The Kier molecular flexibility index (Phi) is 3.49. The summed E-state index contributed by atoms with van der Waals surface area (Å²) < 4.78 is 0. The molecule has 16 heavy (non-hydrogen) atoms. The van der Waals surface area contributed by atoms with E-state index in [0.717, 1.165) is 6.54 Å². The van der Waals surface area contributed by atoms with E-state index < -0.39 is 0 Å². The van der Waals surface area contributed by atoms with Gasteiger partial charge in [-0.25, -0.2) is 0 Å². The summed E-state index contributed by atoms with van der Waals surface area (Å²) in [5, 5.41) is 3.39. The first-order valence-electron chi connectivity index (χ1n) is 6.29. The molecule has 0 aromatic heterocycles. The van der Waals surface area contributed by atoms with Gasteiger partial charge in [0, 0.05) is 24.3 Å². The minimum absolute atomic E-state index is 0.541. The van der Waals surface area contributed by atoms with Crippen LogP contribution in [0.3, 0.4) is 0 Å². The van der Waals surface area contributed by atoms with Gasteiger partial charge in [0.05, 0.1) is 0 Å². The largest absolute Gasteiger partial charge is 0.366 e. The predicted molar refractivity (Wildman–Crippen MR) is 70.1 cm³/mol. The lowest BCUT2D eigenvalue weighted by atomic mass is 10.0. The molecule has 0 spiro atoms. The first-order valence-corrected chi connectivity index (χ1v) is 6.29. The number of hydrogen-bond donors (Lipinski definition) is 1. The molecule has 1 aromatic rings. The van der Waals surface area contributed by atoms with Gasteiger partial charge in [0.15, 0.2) is 0 Å². The van der Waals surface area contributed by atoms with Crippen molar-refractivity contribution in [1.29, 1.82) is 0 Å². The first kappa shape index (κ1) is 11.5. The molecular formula is C14H22N2. The van der Waals surface area contributed by atoms with Gasteiger partial charge in [0.2, 0.25) is 0 Å². The summed E-state index contributed by atoms with van der Waals surface area (Å²) in [4.78, 5) is 2.57. The molecule has 0 radical (unpaired) electrons. The Hall–Kier alpha value is -1.02. The molecule has 2 rings (SSSR count). The molecule has 1 aliphatic heterocycles. The smallest absolute Gasteiger partial charge is 0.0481 e. The van der Waals surface area contributed by atoms with Crippen molar-refractivity contribution in [3.05, 3.63) is 29.8 Å². The number of benzene rings is 1. The summed E-state index contributed by atoms with van der Waals surface area (Å²) in [7, 11) is 2.05. The predicted octanol–water partition coefficient (Wildman–Crippen LogP) is 2.44. The molecule has 0 saturated heterocycles. The standard InChI is InChI=1S/C14H22N2/c1-4-9-16-13-8-6-5-7-12(13)10-14(16)11(2)15-3/h5-8,11,14-15H,4,9-10H2,1-3H3. The van der Waals surface area contributed by atoms with Crippen molar-refractivity contribution in [2.45, 2.75) is 38.8 Å². The van der Waals surface area contributed by atoms with Crippen molar-refractivity contribution in [3.8, 4) is 0 Å². The van der Waals surface area contributed by atoms with Crippen LogP contribution in [0.25, 0.3) is 0 Å². The number of para-hydroxylation sites is 1. The van der Waals surface area contributed by atoms with Crippen LogP contribution in [0, 0.1) is 0 Å². The lowest BCUT2D eigenvalue weighted by Gasteiger charge is -2.31. The third kappa shape index (κ3) is 1.94. The van der Waals surface area contributed by atoms with Crippen molar-refractivity contribution in [2.24, 2.45) is 0 Å². The van der Waals surface area contributed by atoms with Gasteiger partial charge in [0.1, 0.15) is 0 Å². The molecule has 2 heteroatoms. The SMILES string of the molecule is CCCN1c2ccccc2CC1C(C)NC. The second kappa shape index (κ2) is 4.88. The van der Waals surface area contributed by atoms with Gasteiger partial charge >= 0.3 is 0 Å². The average molecular weight is 218 g/mol. The van der Waals surface area contributed by atoms with Crippen molar-refractivity contribution in [2.75, 3.05) is 18.5 Å². The van der Waals surface area contributed by atoms with E-state index >= 15 is 0 Å². The minimum atomic E-state index is 0.541. The van der Waals surface area contributed by atoms with E-state index in [1.54, 1.807) is 0 Å². The van der Waals surface area contributed by atoms with E-state index in [1.807, 2.05) is 0 Å². The summed E-state index contributed by atoms with van der Waals surface area (Å²) in [6.45, 7) is 5.69. The summed E-state index contributed by atoms with van der Waals surface area (Å²) in [6.07, 6.45) is 2.39. The third-order valence-corrected chi connectivity index (χ3v) is 3.63. The summed E-state index contributed by atoms with van der Waals surface area (Å²) in [6, 6.07) is 9.97. The lowest BCUT2D eigenvalue weighted by molar-refractivity contribution is 0.470. The Labute approximate surface area is 98.7 Å². The lowest BCUT2D eigenvalue weighted by Crippen LogP contribution is -2.46. The topological polar surface area (TPSA) is 15.3 Å². The van der Waals surface area contributed by atoms with Gasteiger partial charge < -0.3 is 10.2 Å². The molecule has 2 nitrogen and oxygen atoms in total. The molecule has 1 aliphatic rings. The highest BCUT2D eigenvalue weighted by Gasteiger charge is 2.31. The number of likely N-dealkylation sites (N-methyl/N-ethyl adjacent to an activating group) is 1. The van der Waals surface area contributed by atoms with Gasteiger partial charge in [-0.05, 0) is 38.4 Å². The van der Waals surface area contributed by atoms with E-state index in [0.29, 0.717) is 12.1 Å². The summed E-state index contributed by atoms with van der Waals surface area (Å²) >= 11 is 0. The zero-order chi connectivity index (χ0) is 11.5. The van der Waals surface area contributed by atoms with E-state index in [4.69, 9.17) is 0 Å². The van der Waals surface area contributed by atoms with Crippen LogP contribution in [0.2, 0.25) is 0 Å². The second-order valence-corrected chi connectivity index (χ2v) is 4.67. The maximum Gasteiger partial charge on any atom is 0.0481 e. The van der Waals surface area contributed by atoms with Crippen LogP contribution < -0.4 is 10.2 Å². The Morgan fingerprint density at radius 1 is 1.44 bits per heavy atom. The average Bonchev–Trinajstić information content (AvgIpc) is 2.68. The number of nitrogens with zero attached hydrogens (tertiary/aromatic N) is 1. The molecule has 1 aromatic carbocycles. The van der Waals surface area contributed by atoms with E-state index in [9.17, 15) is 0 Å². The molecule has 88 valence electrons. The summed E-state index contributed by atoms with van der Waals surface area (Å²) in [5.74, 6) is 0. The van der Waals surface area contributed by atoms with Gasteiger partial charge in [-0.2, -0.15) is 0 Å². The number of rotatable bonds is 4. The highest BCUT2D eigenvalue weighted by atomic mass is 15.2. The zero-order valence-corrected chi connectivity index (χ0v) is 10.5. The molecule has 1 heterocycles.